The molecule has 1 saturated heterocycles. The number of nitrogens with zero attached hydrogens (tertiary/aromatic N) is 2. The molecule has 0 radical (unpaired) electrons. The summed E-state index contributed by atoms with van der Waals surface area (Å²) in [5.74, 6) is -0.869. The minimum absolute atomic E-state index is 0.597. The number of rotatable bonds is 4. The number of hydrogen-bond acceptors (Lipinski definition) is 3. The van der Waals surface area contributed by atoms with Crippen molar-refractivity contribution >= 4 is 5.97 Å². The maximum atomic E-state index is 10.3. The first kappa shape index (κ1) is 12.2. The molecule has 4 nitrogen and oxygen atoms in total. The van der Waals surface area contributed by atoms with Crippen LogP contribution in [0, 0.1) is 0 Å². The zero-order chi connectivity index (χ0) is 11.3. The second kappa shape index (κ2) is 5.88. The largest absolute Gasteiger partial charge is 0.478 e. The van der Waals surface area contributed by atoms with E-state index in [-0.39, 0.29) is 0 Å². The number of hydrogen-bond donors (Lipinski definition) is 1. The Morgan fingerprint density at radius 2 is 2.13 bits per heavy atom. The lowest BCUT2D eigenvalue weighted by molar-refractivity contribution is -0.131. The van der Waals surface area contributed by atoms with Crippen LogP contribution in [0.1, 0.15) is 12.8 Å². The topological polar surface area (TPSA) is 43.8 Å². The minimum Gasteiger partial charge on any atom is -0.478 e. The molecule has 1 aliphatic heterocycles. The van der Waals surface area contributed by atoms with Crippen molar-refractivity contribution in [3.05, 3.63) is 12.2 Å². The van der Waals surface area contributed by atoms with E-state index < -0.39 is 5.97 Å². The van der Waals surface area contributed by atoms with Crippen LogP contribution in [0.4, 0.5) is 0 Å². The Hall–Kier alpha value is -0.870. The monoisotopic (exact) mass is 212 g/mol. The van der Waals surface area contributed by atoms with Crippen molar-refractivity contribution in [2.24, 2.45) is 0 Å². The third-order valence-electron chi connectivity index (χ3n) is 2.97. The molecule has 1 N–H and O–H groups in total. The maximum Gasteiger partial charge on any atom is 0.328 e. The van der Waals surface area contributed by atoms with E-state index in [1.54, 1.807) is 6.08 Å². The van der Waals surface area contributed by atoms with Crippen LogP contribution in [0.2, 0.25) is 0 Å². The van der Waals surface area contributed by atoms with Crippen molar-refractivity contribution in [2.45, 2.75) is 18.9 Å². The summed E-state index contributed by atoms with van der Waals surface area (Å²) in [6, 6.07) is 0.597. The van der Waals surface area contributed by atoms with E-state index in [1.807, 2.05) is 0 Å². The second-order valence-corrected chi connectivity index (χ2v) is 4.21. The fourth-order valence-corrected chi connectivity index (χ4v) is 1.90. The first-order chi connectivity index (χ1) is 7.09. The van der Waals surface area contributed by atoms with Crippen LogP contribution in [0.15, 0.2) is 12.2 Å². The predicted molar refractivity (Wildman–Crippen MR) is 59.9 cm³/mol. The molecular weight excluding hydrogens is 192 g/mol. The van der Waals surface area contributed by atoms with Gasteiger partial charge in [-0.05, 0) is 40.0 Å². The second-order valence-electron chi connectivity index (χ2n) is 4.21. The van der Waals surface area contributed by atoms with Gasteiger partial charge in [-0.25, -0.2) is 4.79 Å². The molecule has 0 atom stereocenters. The molecule has 1 rings (SSSR count). The molecule has 0 saturated carbocycles. The van der Waals surface area contributed by atoms with Gasteiger partial charge in [0.25, 0.3) is 0 Å². The van der Waals surface area contributed by atoms with E-state index in [0.717, 1.165) is 19.6 Å². The average Bonchev–Trinajstić information content (AvgIpc) is 2.18. The van der Waals surface area contributed by atoms with Crippen LogP contribution < -0.4 is 0 Å². The van der Waals surface area contributed by atoms with E-state index in [2.05, 4.69) is 23.9 Å². The molecule has 4 heteroatoms. The van der Waals surface area contributed by atoms with Crippen molar-refractivity contribution in [3.8, 4) is 0 Å². The van der Waals surface area contributed by atoms with Crippen molar-refractivity contribution in [2.75, 3.05) is 33.7 Å². The van der Waals surface area contributed by atoms with Crippen LogP contribution in [-0.2, 0) is 4.79 Å². The highest BCUT2D eigenvalue weighted by molar-refractivity contribution is 5.79. The van der Waals surface area contributed by atoms with E-state index in [9.17, 15) is 4.79 Å². The third-order valence-corrected chi connectivity index (χ3v) is 2.97. The summed E-state index contributed by atoms with van der Waals surface area (Å²) in [6.45, 7) is 3.00. The summed E-state index contributed by atoms with van der Waals surface area (Å²) in [7, 11) is 4.20. The average molecular weight is 212 g/mol. The molecule has 0 aromatic carbocycles. The maximum absolute atomic E-state index is 10.3. The molecule has 86 valence electrons. The molecule has 0 aromatic rings. The standard InChI is InChI=1S/C11H20N2O2/c1-12-8-5-10(6-9-12)13(2)7-3-4-11(14)15/h3-4,10H,5-9H2,1-2H3,(H,14,15)/b4-3+. The van der Waals surface area contributed by atoms with Gasteiger partial charge >= 0.3 is 5.97 Å². The lowest BCUT2D eigenvalue weighted by Crippen LogP contribution is -2.41. The quantitative estimate of drug-likeness (QED) is 0.695. The Balaban J connectivity index is 2.28. The fourth-order valence-electron chi connectivity index (χ4n) is 1.90. The van der Waals surface area contributed by atoms with Gasteiger partial charge < -0.3 is 10.0 Å². The molecule has 1 heterocycles. The van der Waals surface area contributed by atoms with Gasteiger partial charge in [0.15, 0.2) is 0 Å². The van der Waals surface area contributed by atoms with Gasteiger partial charge in [-0.1, -0.05) is 6.08 Å². The summed E-state index contributed by atoms with van der Waals surface area (Å²) in [5, 5.41) is 8.46. The summed E-state index contributed by atoms with van der Waals surface area (Å²) < 4.78 is 0. The van der Waals surface area contributed by atoms with Crippen molar-refractivity contribution in [1.29, 1.82) is 0 Å². The number of likely N-dealkylation sites (tertiary alicyclic amines) is 1. The lowest BCUT2D eigenvalue weighted by Gasteiger charge is -2.34. The highest BCUT2D eigenvalue weighted by Crippen LogP contribution is 2.13. The Bertz CT molecular complexity index is 233. The summed E-state index contributed by atoms with van der Waals surface area (Å²) in [5.41, 5.74) is 0. The molecule has 1 fully saturated rings. The first-order valence-corrected chi connectivity index (χ1v) is 5.38. The molecule has 0 aromatic heterocycles. The fraction of sp³-hybridized carbons (Fsp3) is 0.727. The van der Waals surface area contributed by atoms with Crippen molar-refractivity contribution in [3.63, 3.8) is 0 Å². The number of carboxylic acids is 1. The van der Waals surface area contributed by atoms with Crippen LogP contribution in [0.3, 0.4) is 0 Å². The number of carbonyl (C=O) groups is 1. The first-order valence-electron chi connectivity index (χ1n) is 5.38. The zero-order valence-electron chi connectivity index (χ0n) is 9.52. The van der Waals surface area contributed by atoms with Crippen molar-refractivity contribution in [1.82, 2.24) is 9.80 Å². The van der Waals surface area contributed by atoms with Crippen LogP contribution in [-0.4, -0.2) is 60.6 Å². The smallest absolute Gasteiger partial charge is 0.328 e. The van der Waals surface area contributed by atoms with Gasteiger partial charge in [-0.2, -0.15) is 0 Å². The Kier molecular flexibility index (Phi) is 4.78. The number of aliphatic carboxylic acids is 1. The molecule has 0 unspecified atom stereocenters. The normalized spacial score (nSPS) is 20.2. The summed E-state index contributed by atoms with van der Waals surface area (Å²) >= 11 is 0. The Morgan fingerprint density at radius 3 is 2.67 bits per heavy atom. The van der Waals surface area contributed by atoms with E-state index in [4.69, 9.17) is 5.11 Å². The Labute approximate surface area is 91.2 Å². The van der Waals surface area contributed by atoms with E-state index in [1.165, 1.54) is 18.9 Å². The predicted octanol–water partition coefficient (Wildman–Crippen LogP) is 0.653. The number of piperidine rings is 1. The highest BCUT2D eigenvalue weighted by atomic mass is 16.4. The van der Waals surface area contributed by atoms with Gasteiger partial charge in [-0.15, -0.1) is 0 Å². The summed E-state index contributed by atoms with van der Waals surface area (Å²) in [6.07, 6.45) is 5.27. The molecule has 15 heavy (non-hydrogen) atoms. The number of carboxylic acid groups (broad SMARTS) is 1. The van der Waals surface area contributed by atoms with Gasteiger partial charge in [-0.3, -0.25) is 4.90 Å². The van der Waals surface area contributed by atoms with Gasteiger partial charge in [0, 0.05) is 18.7 Å². The van der Waals surface area contributed by atoms with E-state index in [0.29, 0.717) is 6.04 Å². The van der Waals surface area contributed by atoms with Gasteiger partial charge in [0.1, 0.15) is 0 Å². The van der Waals surface area contributed by atoms with E-state index >= 15 is 0 Å². The molecule has 0 amide bonds. The molecule has 0 bridgehead atoms. The van der Waals surface area contributed by atoms with Crippen molar-refractivity contribution < 1.29 is 9.90 Å². The Morgan fingerprint density at radius 1 is 1.53 bits per heavy atom. The van der Waals surface area contributed by atoms with Crippen LogP contribution >= 0.6 is 0 Å². The van der Waals surface area contributed by atoms with Gasteiger partial charge in [0.05, 0.1) is 0 Å². The molecule has 0 aliphatic carbocycles. The molecular formula is C11H20N2O2. The van der Waals surface area contributed by atoms with Gasteiger partial charge in [0.2, 0.25) is 0 Å². The molecule has 0 spiro atoms. The van der Waals surface area contributed by atoms with Crippen LogP contribution in [0.5, 0.6) is 0 Å². The van der Waals surface area contributed by atoms with Crippen LogP contribution in [0.25, 0.3) is 0 Å². The lowest BCUT2D eigenvalue weighted by atomic mass is 10.0. The summed E-state index contributed by atoms with van der Waals surface area (Å²) in [4.78, 5) is 14.8. The third kappa shape index (κ3) is 4.44. The highest BCUT2D eigenvalue weighted by Gasteiger charge is 2.19. The minimum atomic E-state index is -0.869. The zero-order valence-corrected chi connectivity index (χ0v) is 9.52. The SMILES string of the molecule is CN1CCC(N(C)C/C=C/C(=O)O)CC1. The number of likely N-dealkylation sites (N-methyl/N-ethyl adjacent to an activating group) is 1. The molecule has 1 aliphatic rings.